The molecule has 0 radical (unpaired) electrons. The number of amides is 6. The van der Waals surface area contributed by atoms with Gasteiger partial charge in [-0.3, -0.25) is 24.0 Å². The zero-order valence-corrected chi connectivity index (χ0v) is 31.0. The van der Waals surface area contributed by atoms with Gasteiger partial charge in [0.25, 0.3) is 11.8 Å². The fourth-order valence-corrected chi connectivity index (χ4v) is 6.72. The minimum atomic E-state index is -1.01. The molecular weight excluding hydrogens is 624 g/mol. The van der Waals surface area contributed by atoms with Crippen LogP contribution in [0.2, 0.25) is 0 Å². The van der Waals surface area contributed by atoms with Gasteiger partial charge in [0, 0.05) is 25.2 Å². The number of nitrogens with one attached hydrogen (secondary N) is 5. The Hall–Kier alpha value is -3.96. The van der Waals surface area contributed by atoms with Gasteiger partial charge in [0.15, 0.2) is 0 Å². The van der Waals surface area contributed by atoms with Gasteiger partial charge >= 0.3 is 6.03 Å². The maximum absolute atomic E-state index is 14.4. The number of hydrogen-bond donors (Lipinski definition) is 5. The largest absolute Gasteiger partial charge is 0.350 e. The lowest BCUT2D eigenvalue weighted by atomic mass is 9.85. The molecule has 6 amide bonds. The van der Waals surface area contributed by atoms with Crippen LogP contribution in [0.1, 0.15) is 98.9 Å². The number of piperidine rings is 1. The van der Waals surface area contributed by atoms with E-state index in [0.29, 0.717) is 31.5 Å². The van der Waals surface area contributed by atoms with E-state index in [-0.39, 0.29) is 36.1 Å². The number of Topliss-reactive ketones (excluding diaryl/α,β-unsaturated/α-hetero) is 1. The van der Waals surface area contributed by atoms with E-state index in [0.717, 1.165) is 0 Å². The van der Waals surface area contributed by atoms with Crippen molar-refractivity contribution in [1.82, 2.24) is 31.5 Å². The molecule has 272 valence electrons. The van der Waals surface area contributed by atoms with Crippen molar-refractivity contribution in [3.63, 3.8) is 0 Å². The van der Waals surface area contributed by atoms with E-state index in [4.69, 9.17) is 0 Å². The van der Waals surface area contributed by atoms with Gasteiger partial charge in [-0.05, 0) is 53.1 Å². The second-order valence-corrected chi connectivity index (χ2v) is 16.3. The number of benzene rings is 1. The molecule has 1 saturated heterocycles. The molecule has 0 aromatic heterocycles. The van der Waals surface area contributed by atoms with Gasteiger partial charge < -0.3 is 31.5 Å². The number of nitrogens with zero attached hydrogens (tertiary/aromatic N) is 1. The summed E-state index contributed by atoms with van der Waals surface area (Å²) >= 11 is 0. The van der Waals surface area contributed by atoms with Crippen LogP contribution in [-0.2, 0) is 19.2 Å². The Morgan fingerprint density at radius 3 is 2.04 bits per heavy atom. The smallest absolute Gasteiger partial charge is 0.315 e. The van der Waals surface area contributed by atoms with Crippen molar-refractivity contribution in [2.24, 2.45) is 28.1 Å². The van der Waals surface area contributed by atoms with Crippen LogP contribution in [0.4, 0.5) is 4.79 Å². The van der Waals surface area contributed by atoms with Gasteiger partial charge in [0.1, 0.15) is 12.1 Å². The molecule has 1 saturated carbocycles. The van der Waals surface area contributed by atoms with Crippen molar-refractivity contribution >= 4 is 35.4 Å². The van der Waals surface area contributed by atoms with Crippen molar-refractivity contribution in [2.45, 2.75) is 113 Å². The first kappa shape index (κ1) is 39.5. The van der Waals surface area contributed by atoms with Gasteiger partial charge in [-0.1, -0.05) is 93.9 Å². The molecule has 1 heterocycles. The molecule has 5 N–H and O–H groups in total. The lowest BCUT2D eigenvalue weighted by Gasteiger charge is -2.38. The van der Waals surface area contributed by atoms with Crippen LogP contribution in [-0.4, -0.2) is 84.1 Å². The third-order valence-corrected chi connectivity index (χ3v) is 9.97. The van der Waals surface area contributed by atoms with Crippen LogP contribution >= 0.6 is 0 Å². The van der Waals surface area contributed by atoms with Crippen LogP contribution in [0.5, 0.6) is 0 Å². The summed E-state index contributed by atoms with van der Waals surface area (Å²) in [6.07, 6.45) is 1.53. The van der Waals surface area contributed by atoms with Crippen LogP contribution in [0, 0.1) is 28.1 Å². The average molecular weight is 683 g/mol. The highest BCUT2D eigenvalue weighted by Crippen LogP contribution is 2.65. The Morgan fingerprint density at radius 2 is 1.49 bits per heavy atom. The first-order valence-corrected chi connectivity index (χ1v) is 17.6. The van der Waals surface area contributed by atoms with E-state index >= 15 is 0 Å². The highest BCUT2D eigenvalue weighted by atomic mass is 16.2. The van der Waals surface area contributed by atoms with Gasteiger partial charge in [0.05, 0.1) is 12.1 Å². The first-order chi connectivity index (χ1) is 22.7. The zero-order chi connectivity index (χ0) is 36.9. The summed E-state index contributed by atoms with van der Waals surface area (Å²) in [4.78, 5) is 81.7. The Balaban J connectivity index is 1.78. The predicted octanol–water partition coefficient (Wildman–Crippen LogP) is 3.41. The average Bonchev–Trinajstić information content (AvgIpc) is 3.33. The van der Waals surface area contributed by atoms with Crippen molar-refractivity contribution in [2.75, 3.05) is 19.6 Å². The molecule has 0 spiro atoms. The molecule has 1 aliphatic carbocycles. The highest BCUT2D eigenvalue weighted by molar-refractivity contribution is 6.38. The monoisotopic (exact) mass is 682 g/mol. The molecule has 0 bridgehead atoms. The number of likely N-dealkylation sites (tertiary alicyclic amines) is 1. The Kier molecular flexibility index (Phi) is 12.7. The first-order valence-electron chi connectivity index (χ1n) is 17.6. The van der Waals surface area contributed by atoms with E-state index in [1.807, 2.05) is 61.5 Å². The van der Waals surface area contributed by atoms with E-state index in [2.05, 4.69) is 40.4 Å². The number of ketones is 1. The number of hydrogen-bond acceptors (Lipinski definition) is 6. The maximum Gasteiger partial charge on any atom is 0.315 e. The lowest BCUT2D eigenvalue weighted by molar-refractivity contribution is -0.145. The van der Waals surface area contributed by atoms with E-state index in [9.17, 15) is 28.8 Å². The summed E-state index contributed by atoms with van der Waals surface area (Å²) in [7, 11) is 0. The topological polar surface area (TPSA) is 166 Å². The molecule has 1 aromatic carbocycles. The molecule has 49 heavy (non-hydrogen) atoms. The van der Waals surface area contributed by atoms with Crippen molar-refractivity contribution in [3.8, 4) is 0 Å². The third-order valence-electron chi connectivity index (χ3n) is 9.97. The van der Waals surface area contributed by atoms with Crippen molar-refractivity contribution in [1.29, 1.82) is 0 Å². The minimum Gasteiger partial charge on any atom is -0.350 e. The highest BCUT2D eigenvalue weighted by Gasteiger charge is 2.70. The Morgan fingerprint density at radius 1 is 0.857 bits per heavy atom. The van der Waals surface area contributed by atoms with Crippen LogP contribution in [0.15, 0.2) is 30.3 Å². The van der Waals surface area contributed by atoms with E-state index in [1.165, 1.54) is 4.90 Å². The Labute approximate surface area is 291 Å². The quantitative estimate of drug-likeness (QED) is 0.189. The summed E-state index contributed by atoms with van der Waals surface area (Å²) in [6.45, 7) is 20.1. The van der Waals surface area contributed by atoms with Crippen molar-refractivity contribution in [3.05, 3.63) is 35.9 Å². The summed E-state index contributed by atoms with van der Waals surface area (Å²) in [6, 6.07) is 4.91. The fourth-order valence-electron chi connectivity index (χ4n) is 6.72. The summed E-state index contributed by atoms with van der Waals surface area (Å²) in [5.41, 5.74) is -0.844. The van der Waals surface area contributed by atoms with Crippen LogP contribution in [0.25, 0.3) is 0 Å². The summed E-state index contributed by atoms with van der Waals surface area (Å²) < 4.78 is 0. The second-order valence-electron chi connectivity index (χ2n) is 16.3. The number of fused-ring (bicyclic) bond motifs is 1. The lowest BCUT2D eigenvalue weighted by Crippen LogP contribution is -2.62. The molecular formula is C37H58N6O6. The molecule has 12 heteroatoms. The Bertz CT molecular complexity index is 1380. The number of carbonyl (C=O) groups excluding carboxylic acids is 6. The predicted molar refractivity (Wildman–Crippen MR) is 188 cm³/mol. The molecule has 1 aromatic rings. The molecule has 12 nitrogen and oxygen atoms in total. The van der Waals surface area contributed by atoms with Crippen LogP contribution in [0.3, 0.4) is 0 Å². The zero-order valence-electron chi connectivity index (χ0n) is 31.0. The summed E-state index contributed by atoms with van der Waals surface area (Å²) in [5.74, 6) is -2.62. The van der Waals surface area contributed by atoms with E-state index < -0.39 is 64.5 Å². The van der Waals surface area contributed by atoms with Crippen LogP contribution < -0.4 is 26.6 Å². The summed E-state index contributed by atoms with van der Waals surface area (Å²) in [5, 5.41) is 14.2. The molecule has 2 aliphatic rings. The maximum atomic E-state index is 14.4. The molecule has 3 rings (SSSR count). The van der Waals surface area contributed by atoms with Gasteiger partial charge in [-0.25, -0.2) is 4.79 Å². The molecule has 6 atom stereocenters. The van der Waals surface area contributed by atoms with Crippen molar-refractivity contribution < 1.29 is 28.8 Å². The SMILES string of the molecule is CCCNC(=O)C(=O)C(CCC)NC(=O)[C@@H]1[C@@H]2[C@H](CN1C(=O)[C@@H](NC(=O)N[C@H](CNC(=O)c1ccccc1)C(C)(C)C)C(C)(C)C)C2(C)C. The number of carbonyl (C=O) groups is 6. The molecule has 1 unspecified atom stereocenters. The molecule has 1 aliphatic heterocycles. The third kappa shape index (κ3) is 9.60. The van der Waals surface area contributed by atoms with Gasteiger partial charge in [0.2, 0.25) is 17.6 Å². The minimum absolute atomic E-state index is 0.0771. The number of urea groups is 1. The van der Waals surface area contributed by atoms with E-state index in [1.54, 1.807) is 24.3 Å². The molecule has 2 fully saturated rings. The fraction of sp³-hybridized carbons (Fsp3) is 0.676. The standard InChI is InChI=1S/C37H58N6O6/c1-11-16-24(28(44)32(47)38-19-12-2)40-31(46)27-26-23(37(26,9)10)21-43(27)33(48)29(36(6,7)8)42-34(49)41-25(35(3,4)5)20-39-30(45)22-17-14-13-15-18-22/h13-15,17-18,23-27,29H,11-12,16,19-21H2,1-10H3,(H,38,47)(H,39,45)(H,40,46)(H2,41,42,49)/t23-,24?,25+,26-,27-,29+/m0/s1. The number of rotatable bonds is 14. The second kappa shape index (κ2) is 15.7. The normalized spacial score (nSPS) is 21.3. The van der Waals surface area contributed by atoms with Gasteiger partial charge in [-0.2, -0.15) is 0 Å². The van der Waals surface area contributed by atoms with Gasteiger partial charge in [-0.15, -0.1) is 0 Å².